The maximum Gasteiger partial charge on any atom is 0.0881 e. The highest BCUT2D eigenvalue weighted by molar-refractivity contribution is 8.00. The minimum atomic E-state index is -0.430. The number of hydrogen-bond acceptors (Lipinski definition) is 3. The van der Waals surface area contributed by atoms with Crippen LogP contribution in [0.25, 0.3) is 10.9 Å². The lowest BCUT2D eigenvalue weighted by Gasteiger charge is -2.20. The summed E-state index contributed by atoms with van der Waals surface area (Å²) in [6, 6.07) is 9.93. The lowest BCUT2D eigenvalue weighted by atomic mass is 10.1. The Hall–Kier alpha value is -1.06. The molecule has 3 heteroatoms. The fraction of sp³-hybridized carbons (Fsp3) is 0.400. The van der Waals surface area contributed by atoms with Gasteiger partial charge < -0.3 is 5.11 Å². The lowest BCUT2D eigenvalue weighted by molar-refractivity contribution is 0.204. The van der Waals surface area contributed by atoms with Crippen molar-refractivity contribution in [2.45, 2.75) is 31.6 Å². The number of pyridine rings is 1. The van der Waals surface area contributed by atoms with Gasteiger partial charge in [-0.05, 0) is 17.7 Å². The zero-order valence-electron chi connectivity index (χ0n) is 11.1. The number of benzene rings is 1. The molecule has 0 aliphatic heterocycles. The van der Waals surface area contributed by atoms with Gasteiger partial charge in [-0.2, -0.15) is 11.8 Å². The maximum atomic E-state index is 10.2. The summed E-state index contributed by atoms with van der Waals surface area (Å²) in [6.45, 7) is 6.48. The fourth-order valence-corrected chi connectivity index (χ4v) is 2.57. The monoisotopic (exact) mass is 261 g/mol. The van der Waals surface area contributed by atoms with E-state index in [0.29, 0.717) is 5.75 Å². The number of thioether (sulfide) groups is 1. The van der Waals surface area contributed by atoms with Gasteiger partial charge >= 0.3 is 0 Å². The molecule has 96 valence electrons. The molecule has 1 unspecified atom stereocenters. The van der Waals surface area contributed by atoms with Gasteiger partial charge in [0.05, 0.1) is 11.6 Å². The van der Waals surface area contributed by atoms with Crippen molar-refractivity contribution in [1.82, 2.24) is 4.98 Å². The SMILES string of the molecule is CC(C)(C)SCC(O)c1ccc2cccnc2c1. The van der Waals surface area contributed by atoms with Gasteiger partial charge in [-0.25, -0.2) is 0 Å². The second-order valence-corrected chi connectivity index (χ2v) is 7.24. The summed E-state index contributed by atoms with van der Waals surface area (Å²) in [5.41, 5.74) is 1.88. The molecule has 2 rings (SSSR count). The standard InChI is InChI=1S/C15H19NOS/c1-15(2,3)18-10-14(17)12-7-6-11-5-4-8-16-13(11)9-12/h4-9,14,17H,10H2,1-3H3. The number of rotatable bonds is 3. The molecule has 0 aliphatic rings. The number of fused-ring (bicyclic) bond motifs is 1. The third kappa shape index (κ3) is 3.47. The second-order valence-electron chi connectivity index (χ2n) is 5.39. The van der Waals surface area contributed by atoms with E-state index in [9.17, 15) is 5.11 Å². The summed E-state index contributed by atoms with van der Waals surface area (Å²) in [5.74, 6) is 0.710. The van der Waals surface area contributed by atoms with E-state index in [1.54, 1.807) is 18.0 Å². The maximum absolute atomic E-state index is 10.2. The first kappa shape index (κ1) is 13.4. The molecule has 1 aromatic carbocycles. The summed E-state index contributed by atoms with van der Waals surface area (Å²) < 4.78 is 0.177. The Balaban J connectivity index is 2.15. The summed E-state index contributed by atoms with van der Waals surface area (Å²) in [4.78, 5) is 4.32. The van der Waals surface area contributed by atoms with E-state index < -0.39 is 6.10 Å². The number of nitrogens with zero attached hydrogens (tertiary/aromatic N) is 1. The van der Waals surface area contributed by atoms with Crippen molar-refractivity contribution in [2.24, 2.45) is 0 Å². The molecule has 0 amide bonds. The molecule has 0 aliphatic carbocycles. The highest BCUT2D eigenvalue weighted by atomic mass is 32.2. The van der Waals surface area contributed by atoms with Crippen molar-refractivity contribution in [3.05, 3.63) is 42.1 Å². The Kier molecular flexibility index (Phi) is 3.93. The van der Waals surface area contributed by atoms with E-state index >= 15 is 0 Å². The van der Waals surface area contributed by atoms with Crippen molar-refractivity contribution in [2.75, 3.05) is 5.75 Å². The highest BCUT2D eigenvalue weighted by Crippen LogP contribution is 2.29. The molecule has 1 aromatic heterocycles. The van der Waals surface area contributed by atoms with Crippen LogP contribution in [0.2, 0.25) is 0 Å². The van der Waals surface area contributed by atoms with E-state index in [4.69, 9.17) is 0 Å². The lowest BCUT2D eigenvalue weighted by Crippen LogP contribution is -2.12. The van der Waals surface area contributed by atoms with Gasteiger partial charge in [-0.1, -0.05) is 39.0 Å². The number of aliphatic hydroxyl groups excluding tert-OH is 1. The normalized spacial score (nSPS) is 13.8. The highest BCUT2D eigenvalue weighted by Gasteiger charge is 2.15. The largest absolute Gasteiger partial charge is 0.388 e. The summed E-state index contributed by atoms with van der Waals surface area (Å²) >= 11 is 1.77. The predicted molar refractivity (Wildman–Crippen MR) is 78.9 cm³/mol. The van der Waals surface area contributed by atoms with Gasteiger partial charge in [0, 0.05) is 22.1 Å². The van der Waals surface area contributed by atoms with Crippen molar-refractivity contribution >= 4 is 22.7 Å². The molecule has 18 heavy (non-hydrogen) atoms. The van der Waals surface area contributed by atoms with Crippen molar-refractivity contribution in [3.63, 3.8) is 0 Å². The molecule has 1 atom stereocenters. The van der Waals surface area contributed by atoms with Crippen molar-refractivity contribution < 1.29 is 5.11 Å². The topological polar surface area (TPSA) is 33.1 Å². The van der Waals surface area contributed by atoms with Crippen LogP contribution >= 0.6 is 11.8 Å². The smallest absolute Gasteiger partial charge is 0.0881 e. The molecule has 0 radical (unpaired) electrons. The number of aliphatic hydroxyl groups is 1. The first-order valence-corrected chi connectivity index (χ1v) is 7.11. The molecule has 0 fully saturated rings. The van der Waals surface area contributed by atoms with Gasteiger partial charge in [0.15, 0.2) is 0 Å². The van der Waals surface area contributed by atoms with Gasteiger partial charge in [0.1, 0.15) is 0 Å². The average molecular weight is 261 g/mol. The Morgan fingerprint density at radius 2 is 2.06 bits per heavy atom. The number of hydrogen-bond donors (Lipinski definition) is 1. The van der Waals surface area contributed by atoms with Crippen molar-refractivity contribution in [1.29, 1.82) is 0 Å². The summed E-state index contributed by atoms with van der Waals surface area (Å²) in [5, 5.41) is 11.3. The minimum absolute atomic E-state index is 0.177. The van der Waals surface area contributed by atoms with Gasteiger partial charge in [0.2, 0.25) is 0 Å². The van der Waals surface area contributed by atoms with Gasteiger partial charge in [-0.3, -0.25) is 4.98 Å². The molecule has 0 spiro atoms. The Labute approximate surface area is 112 Å². The molecule has 1 heterocycles. The van der Waals surface area contributed by atoms with Crippen LogP contribution in [0.1, 0.15) is 32.4 Å². The second kappa shape index (κ2) is 5.29. The average Bonchev–Trinajstić information content (AvgIpc) is 2.34. The Morgan fingerprint density at radius 1 is 1.28 bits per heavy atom. The van der Waals surface area contributed by atoms with E-state index in [1.165, 1.54) is 0 Å². The zero-order chi connectivity index (χ0) is 13.2. The summed E-state index contributed by atoms with van der Waals surface area (Å²) in [7, 11) is 0. The number of aromatic nitrogens is 1. The predicted octanol–water partition coefficient (Wildman–Crippen LogP) is 3.80. The van der Waals surface area contributed by atoms with E-state index in [1.807, 2.05) is 30.3 Å². The van der Waals surface area contributed by atoms with E-state index in [-0.39, 0.29) is 4.75 Å². The van der Waals surface area contributed by atoms with Crippen LogP contribution in [0.3, 0.4) is 0 Å². The first-order valence-electron chi connectivity index (χ1n) is 6.12. The third-order valence-corrected chi connectivity index (χ3v) is 4.04. The molecule has 2 nitrogen and oxygen atoms in total. The van der Waals surface area contributed by atoms with E-state index in [2.05, 4.69) is 25.8 Å². The molecule has 0 saturated carbocycles. The Morgan fingerprint density at radius 3 is 2.78 bits per heavy atom. The zero-order valence-corrected chi connectivity index (χ0v) is 11.9. The van der Waals surface area contributed by atoms with Crippen LogP contribution in [0.15, 0.2) is 36.5 Å². The Bertz CT molecular complexity index is 533. The van der Waals surface area contributed by atoms with E-state index in [0.717, 1.165) is 16.5 Å². The molecule has 2 aromatic rings. The quantitative estimate of drug-likeness (QED) is 0.912. The van der Waals surface area contributed by atoms with Crippen LogP contribution in [0.5, 0.6) is 0 Å². The first-order chi connectivity index (χ1) is 8.46. The van der Waals surface area contributed by atoms with Crippen LogP contribution in [-0.2, 0) is 0 Å². The van der Waals surface area contributed by atoms with Crippen LogP contribution in [0.4, 0.5) is 0 Å². The van der Waals surface area contributed by atoms with Gasteiger partial charge in [-0.15, -0.1) is 0 Å². The minimum Gasteiger partial charge on any atom is -0.388 e. The molecule has 0 saturated heterocycles. The fourth-order valence-electron chi connectivity index (χ4n) is 1.72. The van der Waals surface area contributed by atoms with Crippen LogP contribution in [-0.4, -0.2) is 20.6 Å². The molecular weight excluding hydrogens is 242 g/mol. The molecule has 0 bridgehead atoms. The molecule has 1 N–H and O–H groups in total. The van der Waals surface area contributed by atoms with Crippen LogP contribution < -0.4 is 0 Å². The van der Waals surface area contributed by atoms with Crippen molar-refractivity contribution in [3.8, 4) is 0 Å². The third-order valence-electron chi connectivity index (χ3n) is 2.69. The van der Waals surface area contributed by atoms with Crippen LogP contribution in [0, 0.1) is 0 Å². The summed E-state index contributed by atoms with van der Waals surface area (Å²) in [6.07, 6.45) is 1.35. The van der Waals surface area contributed by atoms with Gasteiger partial charge in [0.25, 0.3) is 0 Å². The molecular formula is C15H19NOS.